The van der Waals surface area contributed by atoms with Gasteiger partial charge in [0.05, 0.1) is 11.6 Å². The molecule has 0 spiro atoms. The van der Waals surface area contributed by atoms with Crippen LogP contribution in [0.1, 0.15) is 34.4 Å². The molecule has 0 radical (unpaired) electrons. The van der Waals surface area contributed by atoms with Crippen molar-refractivity contribution < 1.29 is 13.7 Å². The minimum absolute atomic E-state index is 0.815. The minimum atomic E-state index is 0.815. The average Bonchev–Trinajstić information content (AvgIpc) is 3.11. The Kier molecular flexibility index (Phi) is 4.13. The van der Waals surface area contributed by atoms with Crippen molar-refractivity contribution in [3.63, 3.8) is 0 Å². The predicted molar refractivity (Wildman–Crippen MR) is 109 cm³/mol. The van der Waals surface area contributed by atoms with E-state index in [0.717, 1.165) is 43.8 Å². The van der Waals surface area contributed by atoms with Gasteiger partial charge in [-0.05, 0) is 55.5 Å². The van der Waals surface area contributed by atoms with E-state index in [0.29, 0.717) is 0 Å². The molecular weight excluding hydrogens is 342 g/mol. The molecule has 0 bridgehead atoms. The van der Waals surface area contributed by atoms with E-state index in [1.807, 2.05) is 50.4 Å². The first-order chi connectivity index (χ1) is 12.6. The van der Waals surface area contributed by atoms with Gasteiger partial charge in [0, 0.05) is 5.56 Å². The first-order valence-corrected chi connectivity index (χ1v) is 9.31. The molecule has 0 aliphatic carbocycles. The summed E-state index contributed by atoms with van der Waals surface area (Å²) in [7, 11) is 2.04. The number of hydrogen-bond donors (Lipinski definition) is 0. The van der Waals surface area contributed by atoms with Crippen molar-refractivity contribution in [3.8, 4) is 5.75 Å². The van der Waals surface area contributed by atoms with Crippen LogP contribution in [0.5, 0.6) is 5.75 Å². The largest absolute Gasteiger partial charge is 0.456 e. The summed E-state index contributed by atoms with van der Waals surface area (Å²) in [5, 5.41) is 1.06. The summed E-state index contributed by atoms with van der Waals surface area (Å²) < 4.78 is 14.2. The molecule has 2 aromatic heterocycles. The second kappa shape index (κ2) is 6.46. The van der Waals surface area contributed by atoms with E-state index in [4.69, 9.17) is 9.15 Å². The van der Waals surface area contributed by atoms with Crippen LogP contribution in [0, 0.1) is 6.92 Å². The maximum Gasteiger partial charge on any atom is 0.271 e. The van der Waals surface area contributed by atoms with Gasteiger partial charge < -0.3 is 9.15 Å². The van der Waals surface area contributed by atoms with Crippen LogP contribution in [-0.4, -0.2) is 0 Å². The van der Waals surface area contributed by atoms with Crippen molar-refractivity contribution in [1.82, 2.24) is 0 Å². The van der Waals surface area contributed by atoms with E-state index in [1.54, 1.807) is 11.3 Å². The third-order valence-electron chi connectivity index (χ3n) is 4.39. The van der Waals surface area contributed by atoms with Gasteiger partial charge in [-0.15, -0.1) is 0 Å². The number of benzene rings is 1. The Balaban J connectivity index is 1.76. The van der Waals surface area contributed by atoms with Crippen molar-refractivity contribution in [1.29, 1.82) is 0 Å². The molecule has 0 saturated heterocycles. The molecule has 0 unspecified atom stereocenters. The monoisotopic (exact) mass is 362 g/mol. The Morgan fingerprint density at radius 2 is 2.08 bits per heavy atom. The molecule has 1 aromatic carbocycles. The Morgan fingerprint density at radius 1 is 1.23 bits per heavy atom. The molecule has 0 N–H and O–H groups in total. The molecule has 3 nitrogen and oxygen atoms in total. The molecule has 0 saturated carbocycles. The van der Waals surface area contributed by atoms with Crippen LogP contribution in [0.4, 0.5) is 0 Å². The number of aryl methyl sites for hydroxylation is 2. The summed E-state index contributed by atoms with van der Waals surface area (Å²) in [6, 6.07) is 6.20. The highest BCUT2D eigenvalue weighted by Gasteiger charge is 2.25. The summed E-state index contributed by atoms with van der Waals surface area (Å²) in [5.41, 5.74) is 4.41. The van der Waals surface area contributed by atoms with E-state index < -0.39 is 0 Å². The van der Waals surface area contributed by atoms with Gasteiger partial charge in [0.2, 0.25) is 0 Å². The van der Waals surface area contributed by atoms with Gasteiger partial charge in [-0.2, -0.15) is 4.57 Å². The number of allylic oxidation sites excluding steroid dienone is 2. The first-order valence-electron chi connectivity index (χ1n) is 8.49. The van der Waals surface area contributed by atoms with E-state index >= 15 is 0 Å². The van der Waals surface area contributed by atoms with Crippen molar-refractivity contribution in [2.24, 2.45) is 7.05 Å². The lowest BCUT2D eigenvalue weighted by Gasteiger charge is -2.14. The molecule has 26 heavy (non-hydrogen) atoms. The van der Waals surface area contributed by atoms with Crippen LogP contribution in [0.25, 0.3) is 34.7 Å². The van der Waals surface area contributed by atoms with E-state index in [9.17, 15) is 0 Å². The number of ether oxygens (including phenoxy) is 1. The molecule has 0 fully saturated rings. The van der Waals surface area contributed by atoms with Gasteiger partial charge >= 0.3 is 0 Å². The number of furan rings is 1. The van der Waals surface area contributed by atoms with Crippen LogP contribution in [0.2, 0.25) is 0 Å². The number of hydrogen-bond acceptors (Lipinski definition) is 3. The Hall–Kier alpha value is -2.85. The van der Waals surface area contributed by atoms with Crippen molar-refractivity contribution in [2.75, 3.05) is 0 Å². The van der Waals surface area contributed by atoms with Crippen LogP contribution in [0.3, 0.4) is 0 Å². The fraction of sp³-hybridized carbons (Fsp3) is 0.136. The second-order valence-electron chi connectivity index (χ2n) is 6.24. The average molecular weight is 362 g/mol. The summed E-state index contributed by atoms with van der Waals surface area (Å²) >= 11 is 1.60. The summed E-state index contributed by atoms with van der Waals surface area (Å²) in [5.74, 6) is 2.54. The van der Waals surface area contributed by atoms with Crippen LogP contribution < -0.4 is 9.30 Å². The van der Waals surface area contributed by atoms with Crippen LogP contribution >= 0.6 is 11.3 Å². The Morgan fingerprint density at radius 3 is 2.85 bits per heavy atom. The molecule has 0 atom stereocenters. The topological polar surface area (TPSA) is 26.2 Å². The SMILES string of the molecule is C=Cc1c(/C=C\C)oc2sc(/C=C3\C=Cc4cc(C)ccc4O3)[n+](C)c12. The smallest absolute Gasteiger partial charge is 0.271 e. The highest BCUT2D eigenvalue weighted by Crippen LogP contribution is 2.33. The lowest BCUT2D eigenvalue weighted by Crippen LogP contribution is -2.29. The van der Waals surface area contributed by atoms with Crippen molar-refractivity contribution >= 4 is 46.1 Å². The number of rotatable bonds is 3. The van der Waals surface area contributed by atoms with E-state index in [1.165, 1.54) is 5.56 Å². The highest BCUT2D eigenvalue weighted by atomic mass is 32.1. The number of thiazole rings is 1. The Bertz CT molecular complexity index is 1110. The zero-order chi connectivity index (χ0) is 18.3. The number of aromatic nitrogens is 1. The van der Waals surface area contributed by atoms with Crippen molar-refractivity contribution in [2.45, 2.75) is 13.8 Å². The normalized spacial score (nSPS) is 15.0. The van der Waals surface area contributed by atoms with Crippen molar-refractivity contribution in [3.05, 3.63) is 70.1 Å². The lowest BCUT2D eigenvalue weighted by atomic mass is 10.1. The molecule has 3 heterocycles. The number of fused-ring (bicyclic) bond motifs is 2. The molecule has 3 aromatic rings. The Labute approximate surface area is 156 Å². The fourth-order valence-electron chi connectivity index (χ4n) is 3.11. The third-order valence-corrected chi connectivity index (χ3v) is 5.45. The summed E-state index contributed by atoms with van der Waals surface area (Å²) in [4.78, 5) is 0.887. The van der Waals surface area contributed by atoms with E-state index in [2.05, 4.69) is 36.3 Å². The van der Waals surface area contributed by atoms with Gasteiger partial charge in [0.25, 0.3) is 15.4 Å². The predicted octanol–water partition coefficient (Wildman–Crippen LogP) is 5.75. The van der Waals surface area contributed by atoms with Crippen LogP contribution in [0.15, 0.2) is 47.1 Å². The standard InChI is InChI=1S/C22H20NO2S/c1-5-7-19-17(6-2)21-22(25-19)26-20(23(21)4)13-16-10-9-15-12-14(3)8-11-18(15)24-16/h5-13H,2H2,1,3-4H3/q+1/b7-5-,16-13+. The molecule has 1 aliphatic heterocycles. The maximum atomic E-state index is 6.04. The van der Waals surface area contributed by atoms with Gasteiger partial charge in [-0.3, -0.25) is 0 Å². The molecule has 0 amide bonds. The summed E-state index contributed by atoms with van der Waals surface area (Å²) in [6.45, 7) is 8.00. The zero-order valence-corrected chi connectivity index (χ0v) is 15.9. The molecule has 4 rings (SSSR count). The quantitative estimate of drug-likeness (QED) is 0.555. The van der Waals surface area contributed by atoms with Gasteiger partial charge in [0.1, 0.15) is 24.3 Å². The fourth-order valence-corrected chi connectivity index (χ4v) is 4.18. The zero-order valence-electron chi connectivity index (χ0n) is 15.1. The van der Waals surface area contributed by atoms with E-state index in [-0.39, 0.29) is 0 Å². The third kappa shape index (κ3) is 2.72. The minimum Gasteiger partial charge on any atom is -0.456 e. The van der Waals surface area contributed by atoms with Crippen LogP contribution in [-0.2, 0) is 7.05 Å². The van der Waals surface area contributed by atoms with Gasteiger partial charge in [0.15, 0.2) is 0 Å². The number of nitrogens with zero attached hydrogens (tertiary/aromatic N) is 1. The van der Waals surface area contributed by atoms with Gasteiger partial charge in [-0.25, -0.2) is 0 Å². The first kappa shape index (κ1) is 16.6. The highest BCUT2D eigenvalue weighted by molar-refractivity contribution is 7.18. The molecule has 130 valence electrons. The second-order valence-corrected chi connectivity index (χ2v) is 7.24. The summed E-state index contributed by atoms with van der Waals surface area (Å²) in [6.07, 6.45) is 11.9. The molecule has 4 heteroatoms. The molecular formula is C22H20NO2S+. The van der Waals surface area contributed by atoms with Gasteiger partial charge in [-0.1, -0.05) is 30.4 Å². The lowest BCUT2D eigenvalue weighted by molar-refractivity contribution is -0.642. The maximum absolute atomic E-state index is 6.04. The molecule has 1 aliphatic rings.